The zero-order valence-corrected chi connectivity index (χ0v) is 17.2. The Bertz CT molecular complexity index is 1000. The van der Waals surface area contributed by atoms with Crippen LogP contribution in [0.3, 0.4) is 0 Å². The van der Waals surface area contributed by atoms with Gasteiger partial charge in [0.05, 0.1) is 18.4 Å². The van der Waals surface area contributed by atoms with Gasteiger partial charge in [-0.05, 0) is 30.7 Å². The lowest BCUT2D eigenvalue weighted by Gasteiger charge is -2.38. The number of ether oxygens (including phenoxy) is 1. The highest BCUT2D eigenvalue weighted by atomic mass is 19.1. The van der Waals surface area contributed by atoms with Crippen molar-refractivity contribution >= 4 is 11.6 Å². The molecule has 30 heavy (non-hydrogen) atoms. The van der Waals surface area contributed by atoms with Crippen molar-refractivity contribution in [3.63, 3.8) is 0 Å². The van der Waals surface area contributed by atoms with E-state index in [-0.39, 0.29) is 17.4 Å². The highest BCUT2D eigenvalue weighted by Gasteiger charge is 2.26. The van der Waals surface area contributed by atoms with Crippen LogP contribution in [0.4, 0.5) is 10.1 Å². The lowest BCUT2D eigenvalue weighted by molar-refractivity contribution is 0.00272. The van der Waals surface area contributed by atoms with Crippen molar-refractivity contribution in [1.82, 2.24) is 20.2 Å². The number of rotatable bonds is 4. The number of piperazine rings is 1. The van der Waals surface area contributed by atoms with Gasteiger partial charge in [0.25, 0.3) is 11.5 Å². The lowest BCUT2D eigenvalue weighted by Crippen LogP contribution is -2.50. The Labute approximate surface area is 174 Å². The van der Waals surface area contributed by atoms with Crippen LogP contribution >= 0.6 is 0 Å². The fourth-order valence-electron chi connectivity index (χ4n) is 4.03. The van der Waals surface area contributed by atoms with Crippen LogP contribution in [0.1, 0.15) is 27.3 Å². The van der Waals surface area contributed by atoms with Gasteiger partial charge in [0.15, 0.2) is 0 Å². The molecule has 2 aliphatic heterocycles. The summed E-state index contributed by atoms with van der Waals surface area (Å²) in [7, 11) is 1.49. The summed E-state index contributed by atoms with van der Waals surface area (Å²) in [5.41, 5.74) is 3.16. The van der Waals surface area contributed by atoms with E-state index in [1.54, 1.807) is 19.1 Å². The van der Waals surface area contributed by atoms with Crippen LogP contribution in [-0.4, -0.2) is 66.7 Å². The number of nitrogens with one attached hydrogen (secondary N) is 2. The molecule has 2 aromatic rings. The summed E-state index contributed by atoms with van der Waals surface area (Å²) >= 11 is 0. The summed E-state index contributed by atoms with van der Waals surface area (Å²) in [5, 5.41) is 2.44. The standard InChI is InChI=1S/C21H26FN5O3/c1-13-9-14-12-30-15(10-17(14)25-20(13)28)11-26-5-7-27(8-6-26)18-4-3-16(21(29)23-2)24-19(18)22/h3-4,9,15H,5-8,10-12H2,1-2H3,(H,23,29)(H,25,28). The number of anilines is 1. The Morgan fingerprint density at radius 3 is 2.80 bits per heavy atom. The van der Waals surface area contributed by atoms with E-state index in [0.29, 0.717) is 37.4 Å². The molecule has 0 aliphatic carbocycles. The number of carbonyl (C=O) groups excluding carboxylic acids is 1. The average Bonchev–Trinajstić information content (AvgIpc) is 2.75. The fraction of sp³-hybridized carbons (Fsp3) is 0.476. The molecule has 2 N–H and O–H groups in total. The third-order valence-corrected chi connectivity index (χ3v) is 5.77. The number of hydrogen-bond donors (Lipinski definition) is 2. The number of aryl methyl sites for hydroxylation is 1. The molecule has 0 bridgehead atoms. The number of nitrogens with zero attached hydrogens (tertiary/aromatic N) is 3. The molecule has 1 saturated heterocycles. The average molecular weight is 415 g/mol. The van der Waals surface area contributed by atoms with Crippen LogP contribution < -0.4 is 15.8 Å². The first-order valence-corrected chi connectivity index (χ1v) is 10.1. The molecule has 2 aliphatic rings. The van der Waals surface area contributed by atoms with Crippen molar-refractivity contribution in [2.45, 2.75) is 26.1 Å². The molecule has 1 atom stereocenters. The van der Waals surface area contributed by atoms with E-state index in [1.165, 1.54) is 7.05 Å². The first kappa shape index (κ1) is 20.5. The molecule has 0 spiro atoms. The number of hydrogen-bond acceptors (Lipinski definition) is 6. The summed E-state index contributed by atoms with van der Waals surface area (Å²) in [6.45, 7) is 5.94. The van der Waals surface area contributed by atoms with Gasteiger partial charge < -0.3 is 19.9 Å². The molecule has 1 amide bonds. The van der Waals surface area contributed by atoms with Gasteiger partial charge in [0, 0.05) is 57.4 Å². The largest absolute Gasteiger partial charge is 0.372 e. The van der Waals surface area contributed by atoms with Crippen LogP contribution in [0, 0.1) is 12.9 Å². The third kappa shape index (κ3) is 4.22. The minimum absolute atomic E-state index is 0.0210. The van der Waals surface area contributed by atoms with E-state index in [0.717, 1.165) is 30.9 Å². The second-order valence-corrected chi connectivity index (χ2v) is 7.80. The minimum Gasteiger partial charge on any atom is -0.372 e. The number of aromatic amines is 1. The molecule has 0 aromatic carbocycles. The zero-order chi connectivity index (χ0) is 21.3. The Morgan fingerprint density at radius 2 is 2.10 bits per heavy atom. The first-order chi connectivity index (χ1) is 14.4. The summed E-state index contributed by atoms with van der Waals surface area (Å²) in [6.07, 6.45) is 0.706. The van der Waals surface area contributed by atoms with E-state index < -0.39 is 11.9 Å². The maximum Gasteiger partial charge on any atom is 0.269 e. The molecule has 0 saturated carbocycles. The Morgan fingerprint density at radius 1 is 1.33 bits per heavy atom. The summed E-state index contributed by atoms with van der Waals surface area (Å²) in [5.74, 6) is -1.04. The van der Waals surface area contributed by atoms with Gasteiger partial charge in [-0.1, -0.05) is 0 Å². The van der Waals surface area contributed by atoms with Crippen molar-refractivity contribution in [1.29, 1.82) is 0 Å². The summed E-state index contributed by atoms with van der Waals surface area (Å²) in [4.78, 5) is 34.5. The first-order valence-electron chi connectivity index (χ1n) is 10.1. The van der Waals surface area contributed by atoms with Crippen LogP contribution in [0.15, 0.2) is 23.0 Å². The molecular weight excluding hydrogens is 389 g/mol. The van der Waals surface area contributed by atoms with Gasteiger partial charge in [-0.2, -0.15) is 4.39 Å². The maximum atomic E-state index is 14.4. The number of fused-ring (bicyclic) bond motifs is 1. The topological polar surface area (TPSA) is 90.6 Å². The predicted octanol–water partition coefficient (Wildman–Crippen LogP) is 0.841. The van der Waals surface area contributed by atoms with Crippen LogP contribution in [0.5, 0.6) is 0 Å². The van der Waals surface area contributed by atoms with Gasteiger partial charge in [0.1, 0.15) is 5.69 Å². The number of halogens is 1. The molecule has 0 radical (unpaired) electrons. The Kier molecular flexibility index (Phi) is 5.83. The molecule has 2 aromatic heterocycles. The van der Waals surface area contributed by atoms with Gasteiger partial charge in [0.2, 0.25) is 5.95 Å². The molecule has 8 nitrogen and oxygen atoms in total. The number of carbonyl (C=O) groups is 1. The van der Waals surface area contributed by atoms with Crippen molar-refractivity contribution in [2.75, 3.05) is 44.7 Å². The third-order valence-electron chi connectivity index (χ3n) is 5.77. The van der Waals surface area contributed by atoms with E-state index >= 15 is 0 Å². The molecule has 1 fully saturated rings. The van der Waals surface area contributed by atoms with E-state index in [4.69, 9.17) is 4.74 Å². The van der Waals surface area contributed by atoms with E-state index in [2.05, 4.69) is 20.2 Å². The maximum absolute atomic E-state index is 14.4. The molecule has 4 rings (SSSR count). The molecule has 9 heteroatoms. The molecular formula is C21H26FN5O3. The van der Waals surface area contributed by atoms with Gasteiger partial charge in [-0.15, -0.1) is 0 Å². The number of amides is 1. The second kappa shape index (κ2) is 8.53. The van der Waals surface area contributed by atoms with Crippen LogP contribution in [0.25, 0.3) is 0 Å². The summed E-state index contributed by atoms with van der Waals surface area (Å²) < 4.78 is 20.4. The van der Waals surface area contributed by atoms with Crippen molar-refractivity contribution in [2.24, 2.45) is 0 Å². The highest BCUT2D eigenvalue weighted by molar-refractivity contribution is 5.92. The molecule has 1 unspecified atom stereocenters. The smallest absolute Gasteiger partial charge is 0.269 e. The van der Waals surface area contributed by atoms with Crippen molar-refractivity contribution in [3.05, 3.63) is 57.0 Å². The van der Waals surface area contributed by atoms with Gasteiger partial charge >= 0.3 is 0 Å². The normalized spacial score (nSPS) is 19.4. The quantitative estimate of drug-likeness (QED) is 0.720. The lowest BCUT2D eigenvalue weighted by atomic mass is 10.0. The van der Waals surface area contributed by atoms with Crippen LogP contribution in [-0.2, 0) is 17.8 Å². The highest BCUT2D eigenvalue weighted by Crippen LogP contribution is 2.22. The predicted molar refractivity (Wildman–Crippen MR) is 110 cm³/mol. The minimum atomic E-state index is -0.629. The molecule has 4 heterocycles. The van der Waals surface area contributed by atoms with Crippen LogP contribution in [0.2, 0.25) is 0 Å². The number of H-pyrrole nitrogens is 1. The Balaban J connectivity index is 1.33. The second-order valence-electron chi connectivity index (χ2n) is 7.80. The zero-order valence-electron chi connectivity index (χ0n) is 17.2. The van der Waals surface area contributed by atoms with Gasteiger partial charge in [-0.3, -0.25) is 14.5 Å². The van der Waals surface area contributed by atoms with Gasteiger partial charge in [-0.25, -0.2) is 4.98 Å². The fourth-order valence-corrected chi connectivity index (χ4v) is 4.03. The summed E-state index contributed by atoms with van der Waals surface area (Å²) in [6, 6.07) is 5.06. The van der Waals surface area contributed by atoms with E-state index in [9.17, 15) is 14.0 Å². The monoisotopic (exact) mass is 415 g/mol. The number of pyridine rings is 2. The van der Waals surface area contributed by atoms with E-state index in [1.807, 2.05) is 11.0 Å². The van der Waals surface area contributed by atoms with Crippen molar-refractivity contribution in [3.8, 4) is 0 Å². The molecule has 160 valence electrons. The SMILES string of the molecule is CNC(=O)c1ccc(N2CCN(CC3Cc4[nH]c(=O)c(C)cc4CO3)CC2)c(F)n1. The number of aromatic nitrogens is 2. The Hall–Kier alpha value is -2.78. The van der Waals surface area contributed by atoms with Crippen molar-refractivity contribution < 1.29 is 13.9 Å².